The van der Waals surface area contributed by atoms with Gasteiger partial charge in [-0.05, 0) is 43.8 Å². The van der Waals surface area contributed by atoms with Crippen molar-refractivity contribution in [2.75, 3.05) is 43.4 Å². The first-order valence-corrected chi connectivity index (χ1v) is 9.27. The number of nitrogens with one attached hydrogen (secondary N) is 1. The molecule has 30 heavy (non-hydrogen) atoms. The number of nitro benzene ring substituents is 1. The summed E-state index contributed by atoms with van der Waals surface area (Å²) in [4.78, 5) is 27.5. The normalized spacial score (nSPS) is 15.2. The molecule has 1 saturated heterocycles. The topological polar surface area (TPSA) is 78.7 Å². The fourth-order valence-corrected chi connectivity index (χ4v) is 3.33. The van der Waals surface area contributed by atoms with Crippen LogP contribution in [0, 0.1) is 17.0 Å². The molecule has 1 N–H and O–H groups in total. The van der Waals surface area contributed by atoms with Crippen LogP contribution in [-0.4, -0.2) is 49.0 Å². The number of hydrogen-bond acceptors (Lipinski definition) is 5. The number of hydrogen-bond donors (Lipinski definition) is 1. The van der Waals surface area contributed by atoms with Gasteiger partial charge in [0.15, 0.2) is 0 Å². The standard InChI is InChI=1S/C20H21F3N4O3/c1-13-3-5-15(12-16(13)20(21,22)23)24-19(28)14-4-6-17(18(11-14)27(29)30)26-9-7-25(2)8-10-26/h3-6,11-12H,7-10H2,1-2H3,(H,24,28). The van der Waals surface area contributed by atoms with Gasteiger partial charge in [0.25, 0.3) is 11.6 Å². The molecule has 0 saturated carbocycles. The van der Waals surface area contributed by atoms with E-state index in [9.17, 15) is 28.1 Å². The van der Waals surface area contributed by atoms with Crippen LogP contribution in [0.25, 0.3) is 0 Å². The number of likely N-dealkylation sites (N-methyl/N-ethyl adjacent to an activating group) is 1. The zero-order valence-corrected chi connectivity index (χ0v) is 16.5. The van der Waals surface area contributed by atoms with Crippen molar-refractivity contribution in [1.29, 1.82) is 0 Å². The fourth-order valence-electron chi connectivity index (χ4n) is 3.33. The van der Waals surface area contributed by atoms with E-state index in [1.807, 2.05) is 11.9 Å². The van der Waals surface area contributed by atoms with Gasteiger partial charge in [0.2, 0.25) is 0 Å². The van der Waals surface area contributed by atoms with Crippen LogP contribution in [0.4, 0.5) is 30.2 Å². The average molecular weight is 422 g/mol. The van der Waals surface area contributed by atoms with E-state index in [1.54, 1.807) is 0 Å². The number of carbonyl (C=O) groups excluding carboxylic acids is 1. The lowest BCUT2D eigenvalue weighted by molar-refractivity contribution is -0.384. The summed E-state index contributed by atoms with van der Waals surface area (Å²) in [6.45, 7) is 4.08. The van der Waals surface area contributed by atoms with Gasteiger partial charge in [0.1, 0.15) is 5.69 Å². The van der Waals surface area contributed by atoms with Crippen LogP contribution in [0.1, 0.15) is 21.5 Å². The van der Waals surface area contributed by atoms with E-state index in [0.717, 1.165) is 25.2 Å². The average Bonchev–Trinajstić information content (AvgIpc) is 2.68. The Labute approximate surface area is 171 Å². The highest BCUT2D eigenvalue weighted by atomic mass is 19.4. The first-order chi connectivity index (χ1) is 14.1. The van der Waals surface area contributed by atoms with Crippen LogP contribution in [0.15, 0.2) is 36.4 Å². The molecule has 0 aliphatic carbocycles. The van der Waals surface area contributed by atoms with Crippen LogP contribution < -0.4 is 10.2 Å². The second kappa shape index (κ2) is 8.31. The number of piperazine rings is 1. The predicted molar refractivity (Wildman–Crippen MR) is 107 cm³/mol. The molecule has 0 spiro atoms. The summed E-state index contributed by atoms with van der Waals surface area (Å²) < 4.78 is 39.2. The smallest absolute Gasteiger partial charge is 0.363 e. The Kier molecular flexibility index (Phi) is 5.97. The van der Waals surface area contributed by atoms with E-state index in [0.29, 0.717) is 18.8 Å². The Morgan fingerprint density at radius 3 is 2.37 bits per heavy atom. The third-order valence-electron chi connectivity index (χ3n) is 5.08. The summed E-state index contributed by atoms with van der Waals surface area (Å²) in [5.74, 6) is -0.722. The van der Waals surface area contributed by atoms with Gasteiger partial charge in [-0.15, -0.1) is 0 Å². The zero-order chi connectivity index (χ0) is 22.1. The van der Waals surface area contributed by atoms with Crippen molar-refractivity contribution in [3.05, 3.63) is 63.2 Å². The van der Waals surface area contributed by atoms with Gasteiger partial charge in [-0.25, -0.2) is 0 Å². The highest BCUT2D eigenvalue weighted by molar-refractivity contribution is 6.05. The molecule has 0 radical (unpaired) electrons. The third-order valence-corrected chi connectivity index (χ3v) is 5.08. The lowest BCUT2D eigenvalue weighted by Crippen LogP contribution is -2.44. The first kappa shape index (κ1) is 21.6. The van der Waals surface area contributed by atoms with Gasteiger partial charge in [0, 0.05) is 43.5 Å². The Morgan fingerprint density at radius 1 is 1.10 bits per heavy atom. The third kappa shape index (κ3) is 4.70. The molecule has 1 amide bonds. The SMILES string of the molecule is Cc1ccc(NC(=O)c2ccc(N3CCN(C)CC3)c([N+](=O)[O-])c2)cc1C(F)(F)F. The molecule has 0 aromatic heterocycles. The minimum atomic E-state index is -4.55. The van der Waals surface area contributed by atoms with E-state index >= 15 is 0 Å². The number of anilines is 2. The molecule has 0 unspecified atom stereocenters. The molecule has 1 aliphatic heterocycles. The summed E-state index contributed by atoms with van der Waals surface area (Å²) in [6, 6.07) is 7.57. The van der Waals surface area contributed by atoms with Crippen LogP contribution in [0.2, 0.25) is 0 Å². The van der Waals surface area contributed by atoms with Crippen molar-refractivity contribution in [2.45, 2.75) is 13.1 Å². The lowest BCUT2D eigenvalue weighted by Gasteiger charge is -2.33. The molecular weight excluding hydrogens is 401 g/mol. The lowest BCUT2D eigenvalue weighted by atomic mass is 10.1. The first-order valence-electron chi connectivity index (χ1n) is 9.27. The number of nitro groups is 1. The van der Waals surface area contributed by atoms with Crippen molar-refractivity contribution >= 4 is 23.0 Å². The van der Waals surface area contributed by atoms with Crippen molar-refractivity contribution in [3.8, 4) is 0 Å². The number of carbonyl (C=O) groups is 1. The number of nitrogens with zero attached hydrogens (tertiary/aromatic N) is 3. The second-order valence-electron chi connectivity index (χ2n) is 7.23. The monoisotopic (exact) mass is 422 g/mol. The Balaban J connectivity index is 1.85. The van der Waals surface area contributed by atoms with Crippen molar-refractivity contribution in [3.63, 3.8) is 0 Å². The van der Waals surface area contributed by atoms with Crippen molar-refractivity contribution in [1.82, 2.24) is 4.90 Å². The number of rotatable bonds is 4. The number of amides is 1. The molecule has 160 valence electrons. The predicted octanol–water partition coefficient (Wildman–Crippen LogP) is 3.93. The molecule has 1 aliphatic rings. The van der Waals surface area contributed by atoms with E-state index in [2.05, 4.69) is 10.2 Å². The quantitative estimate of drug-likeness (QED) is 0.597. The molecule has 10 heteroatoms. The largest absolute Gasteiger partial charge is 0.416 e. The van der Waals surface area contributed by atoms with Gasteiger partial charge >= 0.3 is 6.18 Å². The van der Waals surface area contributed by atoms with E-state index in [4.69, 9.17) is 0 Å². The summed E-state index contributed by atoms with van der Waals surface area (Å²) >= 11 is 0. The second-order valence-corrected chi connectivity index (χ2v) is 7.23. The van der Waals surface area contributed by atoms with Gasteiger partial charge in [0.05, 0.1) is 10.5 Å². The molecule has 1 heterocycles. The summed E-state index contributed by atoms with van der Waals surface area (Å²) in [5.41, 5.74) is -0.659. The van der Waals surface area contributed by atoms with Crippen molar-refractivity contribution < 1.29 is 22.9 Å². The van der Waals surface area contributed by atoms with Gasteiger partial charge in [-0.1, -0.05) is 6.07 Å². The summed E-state index contributed by atoms with van der Waals surface area (Å²) in [6.07, 6.45) is -4.55. The molecule has 2 aromatic rings. The van der Waals surface area contributed by atoms with E-state index in [1.165, 1.54) is 31.2 Å². The van der Waals surface area contributed by atoms with E-state index in [-0.39, 0.29) is 22.5 Å². The highest BCUT2D eigenvalue weighted by Gasteiger charge is 2.32. The molecule has 0 bridgehead atoms. The molecule has 0 atom stereocenters. The number of halogens is 3. The van der Waals surface area contributed by atoms with Crippen LogP contribution in [0.5, 0.6) is 0 Å². The Morgan fingerprint density at radius 2 is 1.77 bits per heavy atom. The van der Waals surface area contributed by atoms with Crippen LogP contribution in [-0.2, 0) is 6.18 Å². The maximum absolute atomic E-state index is 13.1. The molecule has 1 fully saturated rings. The minimum absolute atomic E-state index is 0.00582. The number of benzene rings is 2. The van der Waals surface area contributed by atoms with Crippen LogP contribution >= 0.6 is 0 Å². The van der Waals surface area contributed by atoms with Gasteiger partial charge < -0.3 is 15.1 Å². The number of aryl methyl sites for hydroxylation is 1. The Bertz CT molecular complexity index is 970. The molecule has 7 nitrogen and oxygen atoms in total. The zero-order valence-electron chi connectivity index (χ0n) is 16.5. The van der Waals surface area contributed by atoms with Crippen molar-refractivity contribution in [2.24, 2.45) is 0 Å². The highest BCUT2D eigenvalue weighted by Crippen LogP contribution is 2.34. The Hall–Kier alpha value is -3.14. The number of alkyl halides is 3. The molecule has 3 rings (SSSR count). The van der Waals surface area contributed by atoms with Gasteiger partial charge in [-0.2, -0.15) is 13.2 Å². The maximum atomic E-state index is 13.1. The fraction of sp³-hybridized carbons (Fsp3) is 0.350. The summed E-state index contributed by atoms with van der Waals surface area (Å²) in [5, 5.41) is 14.0. The van der Waals surface area contributed by atoms with Gasteiger partial charge in [-0.3, -0.25) is 14.9 Å². The summed E-state index contributed by atoms with van der Waals surface area (Å²) in [7, 11) is 1.97. The molecular formula is C20H21F3N4O3. The minimum Gasteiger partial charge on any atom is -0.363 e. The van der Waals surface area contributed by atoms with Crippen LogP contribution in [0.3, 0.4) is 0 Å². The maximum Gasteiger partial charge on any atom is 0.416 e. The molecule has 2 aromatic carbocycles. The van der Waals surface area contributed by atoms with E-state index < -0.39 is 22.6 Å².